The second-order valence-electron chi connectivity index (χ2n) is 11.1. The maximum absolute atomic E-state index is 13.5. The fourth-order valence-corrected chi connectivity index (χ4v) is 6.29. The largest absolute Gasteiger partial charge is 0.496 e. The highest BCUT2D eigenvalue weighted by molar-refractivity contribution is 6.09. The molecule has 7 heteroatoms. The molecule has 0 bridgehead atoms. The average Bonchev–Trinajstić information content (AvgIpc) is 3.39. The molecule has 202 valence electrons. The highest BCUT2D eigenvalue weighted by Crippen LogP contribution is 2.30. The Kier molecular flexibility index (Phi) is 8.03. The van der Waals surface area contributed by atoms with Crippen molar-refractivity contribution in [2.24, 2.45) is 5.92 Å². The number of H-pyrrole nitrogens is 1. The molecule has 38 heavy (non-hydrogen) atoms. The summed E-state index contributed by atoms with van der Waals surface area (Å²) < 4.78 is 5.49. The van der Waals surface area contributed by atoms with Gasteiger partial charge in [0.1, 0.15) is 5.75 Å². The highest BCUT2D eigenvalue weighted by Gasteiger charge is 2.34. The van der Waals surface area contributed by atoms with Crippen molar-refractivity contribution in [3.8, 4) is 5.75 Å². The summed E-state index contributed by atoms with van der Waals surface area (Å²) in [4.78, 5) is 34.4. The first-order valence-corrected chi connectivity index (χ1v) is 14.0. The van der Waals surface area contributed by atoms with Crippen LogP contribution in [0.4, 0.5) is 0 Å². The van der Waals surface area contributed by atoms with Crippen LogP contribution >= 0.6 is 0 Å². The number of aromatic amines is 1. The zero-order valence-electron chi connectivity index (χ0n) is 22.8. The smallest absolute Gasteiger partial charge is 0.253 e. The van der Waals surface area contributed by atoms with E-state index in [1.54, 1.807) is 13.3 Å². The van der Waals surface area contributed by atoms with Crippen LogP contribution in [0.5, 0.6) is 5.75 Å². The molecule has 5 rings (SSSR count). The minimum absolute atomic E-state index is 0.0517. The van der Waals surface area contributed by atoms with Crippen molar-refractivity contribution in [3.05, 3.63) is 65.9 Å². The second-order valence-corrected chi connectivity index (χ2v) is 11.1. The molecule has 0 spiro atoms. The Morgan fingerprint density at radius 2 is 1.66 bits per heavy atom. The van der Waals surface area contributed by atoms with Gasteiger partial charge in [0, 0.05) is 50.0 Å². The van der Waals surface area contributed by atoms with Gasteiger partial charge in [-0.05, 0) is 49.3 Å². The van der Waals surface area contributed by atoms with Gasteiger partial charge in [-0.15, -0.1) is 0 Å². The molecule has 7 nitrogen and oxygen atoms in total. The molecule has 0 saturated carbocycles. The fraction of sp³-hybridized carbons (Fsp3) is 0.484. The molecule has 2 N–H and O–H groups in total. The summed E-state index contributed by atoms with van der Waals surface area (Å²) in [5, 5.41) is 4.09. The number of amides is 2. The van der Waals surface area contributed by atoms with E-state index in [0.717, 1.165) is 68.3 Å². The van der Waals surface area contributed by atoms with E-state index in [4.69, 9.17) is 4.74 Å². The summed E-state index contributed by atoms with van der Waals surface area (Å²) in [6.07, 6.45) is 5.67. The van der Waals surface area contributed by atoms with Crippen LogP contribution in [0.15, 0.2) is 54.7 Å². The Balaban J connectivity index is 1.12. The number of piperidine rings is 2. The van der Waals surface area contributed by atoms with Crippen LogP contribution in [0, 0.1) is 5.92 Å². The normalized spacial score (nSPS) is 18.6. The van der Waals surface area contributed by atoms with Crippen molar-refractivity contribution in [1.82, 2.24) is 20.1 Å². The number of nitrogens with zero attached hydrogens (tertiary/aromatic N) is 2. The Morgan fingerprint density at radius 1 is 0.947 bits per heavy atom. The lowest BCUT2D eigenvalue weighted by atomic mass is 9.86. The first-order chi connectivity index (χ1) is 18.5. The van der Waals surface area contributed by atoms with Gasteiger partial charge in [-0.1, -0.05) is 50.2 Å². The Labute approximate surface area is 225 Å². The first-order valence-electron chi connectivity index (χ1n) is 14.0. The SMILES string of the molecule is COc1cccc2[nH]cc(C(=O)NC3CCN(C4CCN(C(=O)C(c5ccccc5)C(C)C)CC4)CC3)c12. The summed E-state index contributed by atoms with van der Waals surface area (Å²) in [7, 11) is 1.63. The number of fused-ring (bicyclic) bond motifs is 1. The third kappa shape index (κ3) is 5.44. The topological polar surface area (TPSA) is 77.7 Å². The van der Waals surface area contributed by atoms with Gasteiger partial charge in [-0.2, -0.15) is 0 Å². The molecule has 1 aromatic heterocycles. The number of carbonyl (C=O) groups is 2. The van der Waals surface area contributed by atoms with Crippen LogP contribution in [0.25, 0.3) is 10.9 Å². The lowest BCUT2D eigenvalue weighted by Crippen LogP contribution is -2.52. The Hall–Kier alpha value is -3.32. The number of aromatic nitrogens is 1. The lowest BCUT2D eigenvalue weighted by Gasteiger charge is -2.42. The zero-order chi connectivity index (χ0) is 26.6. The highest BCUT2D eigenvalue weighted by atomic mass is 16.5. The standard InChI is InChI=1S/C31H40N4O3/c1-21(2)28(22-8-5-4-6-9-22)31(37)35-18-14-24(15-19-35)34-16-12-23(13-17-34)33-30(36)25-20-32-26-10-7-11-27(38-3)29(25)26/h4-11,20-21,23-24,28,32H,12-19H2,1-3H3,(H,33,36). The minimum Gasteiger partial charge on any atom is -0.496 e. The molecule has 2 fully saturated rings. The van der Waals surface area contributed by atoms with Crippen LogP contribution in [-0.4, -0.2) is 72.0 Å². The van der Waals surface area contributed by atoms with E-state index in [0.29, 0.717) is 17.4 Å². The predicted molar refractivity (Wildman–Crippen MR) is 151 cm³/mol. The van der Waals surface area contributed by atoms with Gasteiger partial charge in [0.25, 0.3) is 5.91 Å². The minimum atomic E-state index is -0.0794. The molecule has 0 radical (unpaired) electrons. The predicted octanol–water partition coefficient (Wildman–Crippen LogP) is 4.80. The van der Waals surface area contributed by atoms with Crippen LogP contribution in [0.1, 0.15) is 61.4 Å². The maximum Gasteiger partial charge on any atom is 0.253 e. The van der Waals surface area contributed by atoms with Crippen molar-refractivity contribution in [2.45, 2.75) is 57.5 Å². The van der Waals surface area contributed by atoms with E-state index in [1.165, 1.54) is 0 Å². The number of hydrogen-bond donors (Lipinski definition) is 2. The molecule has 2 aromatic carbocycles. The Bertz CT molecular complexity index is 1240. The fourth-order valence-electron chi connectivity index (χ4n) is 6.29. The van der Waals surface area contributed by atoms with E-state index < -0.39 is 0 Å². The van der Waals surface area contributed by atoms with Crippen LogP contribution in [-0.2, 0) is 4.79 Å². The van der Waals surface area contributed by atoms with Gasteiger partial charge in [-0.25, -0.2) is 0 Å². The quantitative estimate of drug-likeness (QED) is 0.473. The summed E-state index contributed by atoms with van der Waals surface area (Å²) in [6.45, 7) is 7.86. The third-order valence-electron chi connectivity index (χ3n) is 8.38. The van der Waals surface area contributed by atoms with E-state index in [2.05, 4.69) is 46.1 Å². The molecule has 2 aliphatic heterocycles. The molecule has 1 atom stereocenters. The van der Waals surface area contributed by atoms with Crippen molar-refractivity contribution >= 4 is 22.7 Å². The molecule has 0 aliphatic carbocycles. The Morgan fingerprint density at radius 3 is 2.32 bits per heavy atom. The first kappa shape index (κ1) is 26.3. The monoisotopic (exact) mass is 516 g/mol. The van der Waals surface area contributed by atoms with Crippen molar-refractivity contribution in [3.63, 3.8) is 0 Å². The number of likely N-dealkylation sites (tertiary alicyclic amines) is 2. The molecule has 2 saturated heterocycles. The van der Waals surface area contributed by atoms with Crippen molar-refractivity contribution < 1.29 is 14.3 Å². The molecular weight excluding hydrogens is 476 g/mol. The molecule has 2 aliphatic rings. The molecular formula is C31H40N4O3. The van der Waals surface area contributed by atoms with Gasteiger partial charge in [0.2, 0.25) is 5.91 Å². The number of rotatable bonds is 7. The van der Waals surface area contributed by atoms with Crippen LogP contribution < -0.4 is 10.1 Å². The lowest BCUT2D eigenvalue weighted by molar-refractivity contribution is -0.135. The summed E-state index contributed by atoms with van der Waals surface area (Å²) >= 11 is 0. The van der Waals surface area contributed by atoms with Gasteiger partial charge < -0.3 is 24.8 Å². The number of nitrogens with one attached hydrogen (secondary N) is 2. The number of benzene rings is 2. The van der Waals surface area contributed by atoms with Crippen molar-refractivity contribution in [2.75, 3.05) is 33.3 Å². The third-order valence-corrected chi connectivity index (χ3v) is 8.38. The zero-order valence-corrected chi connectivity index (χ0v) is 22.8. The molecule has 1 unspecified atom stereocenters. The van der Waals surface area contributed by atoms with E-state index in [-0.39, 0.29) is 29.7 Å². The summed E-state index contributed by atoms with van der Waals surface area (Å²) in [5.74, 6) is 1.10. The van der Waals surface area contributed by atoms with Gasteiger partial charge in [-0.3, -0.25) is 9.59 Å². The van der Waals surface area contributed by atoms with Gasteiger partial charge in [0.15, 0.2) is 0 Å². The van der Waals surface area contributed by atoms with E-state index in [1.807, 2.05) is 36.4 Å². The maximum atomic E-state index is 13.5. The summed E-state index contributed by atoms with van der Waals surface area (Å²) in [6, 6.07) is 16.6. The van der Waals surface area contributed by atoms with Crippen molar-refractivity contribution in [1.29, 1.82) is 0 Å². The number of methoxy groups -OCH3 is 1. The van der Waals surface area contributed by atoms with E-state index >= 15 is 0 Å². The number of carbonyl (C=O) groups excluding carboxylic acids is 2. The molecule has 2 amide bonds. The van der Waals surface area contributed by atoms with Gasteiger partial charge >= 0.3 is 0 Å². The number of ether oxygens (including phenoxy) is 1. The van der Waals surface area contributed by atoms with Crippen LogP contribution in [0.3, 0.4) is 0 Å². The second kappa shape index (κ2) is 11.6. The van der Waals surface area contributed by atoms with Crippen LogP contribution in [0.2, 0.25) is 0 Å². The molecule has 3 heterocycles. The molecule has 3 aromatic rings. The van der Waals surface area contributed by atoms with Gasteiger partial charge in [0.05, 0.1) is 24.0 Å². The average molecular weight is 517 g/mol. The summed E-state index contributed by atoms with van der Waals surface area (Å²) in [5.41, 5.74) is 2.65. The number of hydrogen-bond acceptors (Lipinski definition) is 4. The van der Waals surface area contributed by atoms with E-state index in [9.17, 15) is 9.59 Å².